The third-order valence-electron chi connectivity index (χ3n) is 3.18. The summed E-state index contributed by atoms with van der Waals surface area (Å²) in [5.41, 5.74) is 7.80. The number of benzene rings is 1. The van der Waals surface area contributed by atoms with Crippen molar-refractivity contribution in [1.29, 1.82) is 0 Å². The van der Waals surface area contributed by atoms with Crippen molar-refractivity contribution < 1.29 is 14.3 Å². The van der Waals surface area contributed by atoms with E-state index in [1.54, 1.807) is 18.2 Å². The number of ether oxygens (including phenoxy) is 2. The van der Waals surface area contributed by atoms with E-state index in [1.165, 1.54) is 0 Å². The summed E-state index contributed by atoms with van der Waals surface area (Å²) in [6, 6.07) is 5.31. The van der Waals surface area contributed by atoms with Crippen LogP contribution in [-0.2, 0) is 9.47 Å². The predicted octanol–water partition coefficient (Wildman–Crippen LogP) is 1.46. The lowest BCUT2D eigenvalue weighted by atomic mass is 10.1. The second-order valence-corrected chi connectivity index (χ2v) is 5.18. The summed E-state index contributed by atoms with van der Waals surface area (Å²) in [6.45, 7) is 6.47. The summed E-state index contributed by atoms with van der Waals surface area (Å²) in [4.78, 5) is 12.1. The van der Waals surface area contributed by atoms with Gasteiger partial charge in [0, 0.05) is 17.8 Å². The maximum Gasteiger partial charge on any atom is 0.251 e. The Labute approximate surface area is 113 Å². The van der Waals surface area contributed by atoms with E-state index in [0.717, 1.165) is 5.56 Å². The van der Waals surface area contributed by atoms with E-state index in [2.05, 4.69) is 5.32 Å². The van der Waals surface area contributed by atoms with E-state index in [-0.39, 0.29) is 12.0 Å². The van der Waals surface area contributed by atoms with Gasteiger partial charge in [-0.3, -0.25) is 4.79 Å². The smallest absolute Gasteiger partial charge is 0.251 e. The SMILES string of the molecule is Cc1c(N)cccc1C(=O)NCC1COC(C)(C)O1. The number of hydrogen-bond donors (Lipinski definition) is 2. The highest BCUT2D eigenvalue weighted by molar-refractivity contribution is 5.96. The molecule has 1 aromatic rings. The molecule has 3 N–H and O–H groups in total. The van der Waals surface area contributed by atoms with E-state index < -0.39 is 5.79 Å². The Morgan fingerprint density at radius 1 is 1.53 bits per heavy atom. The number of rotatable bonds is 3. The first-order valence-corrected chi connectivity index (χ1v) is 6.34. The van der Waals surface area contributed by atoms with Gasteiger partial charge in [-0.15, -0.1) is 0 Å². The molecule has 1 atom stereocenters. The highest BCUT2D eigenvalue weighted by Gasteiger charge is 2.32. The Balaban J connectivity index is 1.93. The first-order valence-electron chi connectivity index (χ1n) is 6.34. The fourth-order valence-electron chi connectivity index (χ4n) is 2.06. The number of nitrogens with two attached hydrogens (primary N) is 1. The molecule has 0 bridgehead atoms. The molecule has 0 aromatic heterocycles. The third kappa shape index (κ3) is 3.24. The molecule has 19 heavy (non-hydrogen) atoms. The number of carbonyl (C=O) groups is 1. The molecule has 1 amide bonds. The van der Waals surface area contributed by atoms with Crippen LogP contribution in [0.15, 0.2) is 18.2 Å². The van der Waals surface area contributed by atoms with Crippen molar-refractivity contribution in [3.63, 3.8) is 0 Å². The zero-order valence-electron chi connectivity index (χ0n) is 11.5. The number of carbonyl (C=O) groups excluding carboxylic acids is 1. The average Bonchev–Trinajstić information content (AvgIpc) is 2.69. The summed E-state index contributed by atoms with van der Waals surface area (Å²) >= 11 is 0. The van der Waals surface area contributed by atoms with E-state index in [0.29, 0.717) is 24.4 Å². The molecule has 0 radical (unpaired) electrons. The summed E-state index contributed by atoms with van der Waals surface area (Å²) in [6.07, 6.45) is -0.111. The molecule has 1 saturated heterocycles. The largest absolute Gasteiger partial charge is 0.398 e. The van der Waals surface area contributed by atoms with E-state index in [9.17, 15) is 4.79 Å². The zero-order chi connectivity index (χ0) is 14.0. The Morgan fingerprint density at radius 3 is 2.89 bits per heavy atom. The Hall–Kier alpha value is -1.59. The molecule has 5 nitrogen and oxygen atoms in total. The van der Waals surface area contributed by atoms with Crippen molar-refractivity contribution in [2.75, 3.05) is 18.9 Å². The minimum Gasteiger partial charge on any atom is -0.398 e. The summed E-state index contributed by atoms with van der Waals surface area (Å²) < 4.78 is 11.1. The number of nitrogens with one attached hydrogen (secondary N) is 1. The van der Waals surface area contributed by atoms with Crippen LogP contribution < -0.4 is 11.1 Å². The molecule has 1 fully saturated rings. The predicted molar refractivity (Wildman–Crippen MR) is 72.8 cm³/mol. The summed E-state index contributed by atoms with van der Waals surface area (Å²) in [5.74, 6) is -0.708. The highest BCUT2D eigenvalue weighted by Crippen LogP contribution is 2.22. The van der Waals surface area contributed by atoms with Crippen molar-refractivity contribution in [2.45, 2.75) is 32.7 Å². The molecular formula is C14H20N2O3. The average molecular weight is 264 g/mol. The molecule has 5 heteroatoms. The van der Waals surface area contributed by atoms with Gasteiger partial charge in [0.15, 0.2) is 5.79 Å². The number of nitrogen functional groups attached to an aromatic ring is 1. The topological polar surface area (TPSA) is 73.6 Å². The lowest BCUT2D eigenvalue weighted by Gasteiger charge is -2.17. The van der Waals surface area contributed by atoms with Gasteiger partial charge in [0.05, 0.1) is 6.61 Å². The zero-order valence-corrected chi connectivity index (χ0v) is 11.5. The second-order valence-electron chi connectivity index (χ2n) is 5.18. The third-order valence-corrected chi connectivity index (χ3v) is 3.18. The first-order chi connectivity index (χ1) is 8.89. The van der Waals surface area contributed by atoms with Gasteiger partial charge in [0.1, 0.15) is 6.10 Å². The van der Waals surface area contributed by atoms with Crippen LogP contribution in [0.5, 0.6) is 0 Å². The van der Waals surface area contributed by atoms with E-state index in [4.69, 9.17) is 15.2 Å². The van der Waals surface area contributed by atoms with Gasteiger partial charge in [-0.25, -0.2) is 0 Å². The van der Waals surface area contributed by atoms with Crippen molar-refractivity contribution in [3.8, 4) is 0 Å². The monoisotopic (exact) mass is 264 g/mol. The maximum atomic E-state index is 12.1. The van der Waals surface area contributed by atoms with Gasteiger partial charge in [0.25, 0.3) is 5.91 Å². The van der Waals surface area contributed by atoms with E-state index in [1.807, 2.05) is 20.8 Å². The Bertz CT molecular complexity index is 486. The maximum absolute atomic E-state index is 12.1. The Kier molecular flexibility index (Phi) is 3.78. The van der Waals surface area contributed by atoms with Gasteiger partial charge >= 0.3 is 0 Å². The molecule has 1 heterocycles. The van der Waals surface area contributed by atoms with Crippen LogP contribution in [0.3, 0.4) is 0 Å². The highest BCUT2D eigenvalue weighted by atomic mass is 16.7. The van der Waals surface area contributed by atoms with Gasteiger partial charge in [-0.1, -0.05) is 6.07 Å². The minimum atomic E-state index is -0.567. The van der Waals surface area contributed by atoms with Crippen molar-refractivity contribution >= 4 is 11.6 Å². The molecular weight excluding hydrogens is 244 g/mol. The van der Waals surface area contributed by atoms with Crippen LogP contribution >= 0.6 is 0 Å². The molecule has 1 aromatic carbocycles. The van der Waals surface area contributed by atoms with Gasteiger partial charge in [-0.05, 0) is 38.5 Å². The normalized spacial score (nSPS) is 21.3. The molecule has 104 valence electrons. The quantitative estimate of drug-likeness (QED) is 0.811. The van der Waals surface area contributed by atoms with Crippen LogP contribution in [-0.4, -0.2) is 30.9 Å². The van der Waals surface area contributed by atoms with Crippen LogP contribution in [0.25, 0.3) is 0 Å². The molecule has 1 aliphatic heterocycles. The van der Waals surface area contributed by atoms with Crippen LogP contribution in [0.4, 0.5) is 5.69 Å². The summed E-state index contributed by atoms with van der Waals surface area (Å²) in [5, 5.41) is 2.85. The number of hydrogen-bond acceptors (Lipinski definition) is 4. The lowest BCUT2D eigenvalue weighted by Crippen LogP contribution is -2.34. The molecule has 1 aliphatic rings. The standard InChI is InChI=1S/C14H20N2O3/c1-9-11(5-4-6-12(9)15)13(17)16-7-10-8-18-14(2,3)19-10/h4-6,10H,7-8,15H2,1-3H3,(H,16,17). The fourth-order valence-corrected chi connectivity index (χ4v) is 2.06. The van der Waals surface area contributed by atoms with Gasteiger partial charge in [-0.2, -0.15) is 0 Å². The Morgan fingerprint density at radius 2 is 2.26 bits per heavy atom. The van der Waals surface area contributed by atoms with Crippen LogP contribution in [0.1, 0.15) is 29.8 Å². The van der Waals surface area contributed by atoms with Crippen molar-refractivity contribution in [2.24, 2.45) is 0 Å². The molecule has 1 unspecified atom stereocenters. The first kappa shape index (κ1) is 13.8. The van der Waals surface area contributed by atoms with Crippen molar-refractivity contribution in [1.82, 2.24) is 5.32 Å². The van der Waals surface area contributed by atoms with Gasteiger partial charge < -0.3 is 20.5 Å². The van der Waals surface area contributed by atoms with Crippen LogP contribution in [0, 0.1) is 6.92 Å². The fraction of sp³-hybridized carbons (Fsp3) is 0.500. The molecule has 2 rings (SSSR count). The number of anilines is 1. The van der Waals surface area contributed by atoms with Crippen LogP contribution in [0.2, 0.25) is 0 Å². The minimum absolute atomic E-state index is 0.111. The van der Waals surface area contributed by atoms with E-state index >= 15 is 0 Å². The summed E-state index contributed by atoms with van der Waals surface area (Å²) in [7, 11) is 0. The lowest BCUT2D eigenvalue weighted by molar-refractivity contribution is -0.137. The second kappa shape index (κ2) is 5.19. The number of amides is 1. The van der Waals surface area contributed by atoms with Gasteiger partial charge in [0.2, 0.25) is 0 Å². The molecule has 0 aliphatic carbocycles. The van der Waals surface area contributed by atoms with Crippen molar-refractivity contribution in [3.05, 3.63) is 29.3 Å². The molecule has 0 spiro atoms. The molecule has 0 saturated carbocycles.